The Kier molecular flexibility index (Phi) is 4.24. The van der Waals surface area contributed by atoms with E-state index < -0.39 is 6.04 Å². The second kappa shape index (κ2) is 6.29. The van der Waals surface area contributed by atoms with E-state index in [0.29, 0.717) is 18.1 Å². The molecule has 3 aliphatic heterocycles. The van der Waals surface area contributed by atoms with Crippen molar-refractivity contribution in [3.8, 4) is 0 Å². The number of rotatable bonds is 2. The summed E-state index contributed by atoms with van der Waals surface area (Å²) in [6.45, 7) is 4.00. The normalized spacial score (nSPS) is 28.7. The molecule has 3 saturated heterocycles. The minimum Gasteiger partial charge on any atom is -0.376 e. The van der Waals surface area contributed by atoms with E-state index >= 15 is 0 Å². The quantitative estimate of drug-likeness (QED) is 0.793. The fourth-order valence-corrected chi connectivity index (χ4v) is 4.49. The zero-order valence-electron chi connectivity index (χ0n) is 14.6. The molecule has 3 atom stereocenters. The van der Waals surface area contributed by atoms with Crippen LogP contribution in [-0.2, 0) is 16.6 Å². The first kappa shape index (κ1) is 16.8. The minimum absolute atomic E-state index is 0.0348. The van der Waals surface area contributed by atoms with Crippen LogP contribution in [0.5, 0.6) is 0 Å². The molecule has 7 nitrogen and oxygen atoms in total. The molecule has 0 spiro atoms. The van der Waals surface area contributed by atoms with Crippen molar-refractivity contribution in [2.45, 2.75) is 50.8 Å². The van der Waals surface area contributed by atoms with Crippen LogP contribution in [0, 0.1) is 6.92 Å². The van der Waals surface area contributed by atoms with E-state index in [-0.39, 0.29) is 29.7 Å². The molecular weight excluding hydrogens is 344 g/mol. The number of carbonyl (C=O) groups excluding carboxylic acids is 2. The first-order valence-electron chi connectivity index (χ1n) is 8.91. The number of halogens is 1. The number of aryl methyl sites for hydroxylation is 1. The van der Waals surface area contributed by atoms with Crippen LogP contribution in [0.2, 0.25) is 5.02 Å². The molecule has 0 saturated carbocycles. The Morgan fingerprint density at radius 1 is 1.28 bits per heavy atom. The molecule has 25 heavy (non-hydrogen) atoms. The standard InChI is InChI=1S/C17H23ClN4O3/c1-10-14(18)15(19-20(10)2)17(24)22-11-5-8-25-13(11)9-12(22)16(23)21-6-3-4-7-21/h11-13H,3-9H2,1-2H3/t11-,12-,13-/m0/s1. The molecule has 0 N–H and O–H groups in total. The van der Waals surface area contributed by atoms with Crippen LogP contribution in [-0.4, -0.2) is 69.3 Å². The van der Waals surface area contributed by atoms with Gasteiger partial charge in [0.1, 0.15) is 6.04 Å². The third kappa shape index (κ3) is 2.64. The summed E-state index contributed by atoms with van der Waals surface area (Å²) in [7, 11) is 1.76. The molecule has 0 aliphatic carbocycles. The van der Waals surface area contributed by atoms with Crippen LogP contribution in [0.3, 0.4) is 0 Å². The van der Waals surface area contributed by atoms with Gasteiger partial charge in [-0.15, -0.1) is 0 Å². The number of fused-ring (bicyclic) bond motifs is 1. The third-order valence-corrected chi connectivity index (χ3v) is 6.18. The van der Waals surface area contributed by atoms with E-state index in [2.05, 4.69) is 5.10 Å². The molecule has 0 unspecified atom stereocenters. The van der Waals surface area contributed by atoms with E-state index in [0.717, 1.165) is 38.0 Å². The Balaban J connectivity index is 1.66. The molecular formula is C17H23ClN4O3. The number of ether oxygens (including phenoxy) is 1. The van der Waals surface area contributed by atoms with Crippen LogP contribution >= 0.6 is 11.6 Å². The van der Waals surface area contributed by atoms with E-state index in [1.807, 2.05) is 11.8 Å². The topological polar surface area (TPSA) is 67.7 Å². The van der Waals surface area contributed by atoms with Gasteiger partial charge in [-0.2, -0.15) is 5.10 Å². The van der Waals surface area contributed by atoms with Crippen molar-refractivity contribution in [3.63, 3.8) is 0 Å². The van der Waals surface area contributed by atoms with E-state index in [4.69, 9.17) is 16.3 Å². The number of aromatic nitrogens is 2. The van der Waals surface area contributed by atoms with E-state index in [1.165, 1.54) is 0 Å². The summed E-state index contributed by atoms with van der Waals surface area (Å²) in [6, 6.07) is -0.540. The molecule has 4 heterocycles. The maximum absolute atomic E-state index is 13.2. The lowest BCUT2D eigenvalue weighted by molar-refractivity contribution is -0.134. The van der Waals surface area contributed by atoms with Gasteiger partial charge in [-0.3, -0.25) is 14.3 Å². The molecule has 1 aromatic rings. The van der Waals surface area contributed by atoms with Gasteiger partial charge in [0, 0.05) is 33.2 Å². The van der Waals surface area contributed by atoms with Gasteiger partial charge in [-0.05, 0) is 26.2 Å². The fourth-order valence-electron chi connectivity index (χ4n) is 4.25. The van der Waals surface area contributed by atoms with Crippen molar-refractivity contribution >= 4 is 23.4 Å². The van der Waals surface area contributed by atoms with Crippen LogP contribution in [0.15, 0.2) is 0 Å². The molecule has 8 heteroatoms. The highest BCUT2D eigenvalue weighted by atomic mass is 35.5. The lowest BCUT2D eigenvalue weighted by Crippen LogP contribution is -2.50. The Labute approximate surface area is 151 Å². The molecule has 0 radical (unpaired) electrons. The number of hydrogen-bond acceptors (Lipinski definition) is 4. The van der Waals surface area contributed by atoms with Crippen molar-refractivity contribution in [1.29, 1.82) is 0 Å². The monoisotopic (exact) mass is 366 g/mol. The Bertz CT molecular complexity index is 713. The highest BCUT2D eigenvalue weighted by molar-refractivity contribution is 6.34. The number of carbonyl (C=O) groups is 2. The maximum Gasteiger partial charge on any atom is 0.276 e. The predicted octanol–water partition coefficient (Wildman–Crippen LogP) is 1.38. The second-order valence-corrected chi connectivity index (χ2v) is 7.51. The number of nitrogens with zero attached hydrogens (tertiary/aromatic N) is 4. The molecule has 3 aliphatic rings. The molecule has 4 rings (SSSR count). The van der Waals surface area contributed by atoms with Crippen molar-refractivity contribution < 1.29 is 14.3 Å². The summed E-state index contributed by atoms with van der Waals surface area (Å²) in [6.07, 6.45) is 3.31. The Hall–Kier alpha value is -1.60. The van der Waals surface area contributed by atoms with E-state index in [1.54, 1.807) is 16.6 Å². The molecule has 3 fully saturated rings. The zero-order valence-corrected chi connectivity index (χ0v) is 15.3. The van der Waals surface area contributed by atoms with Crippen LogP contribution < -0.4 is 0 Å². The highest BCUT2D eigenvalue weighted by Gasteiger charge is 2.51. The van der Waals surface area contributed by atoms with Crippen molar-refractivity contribution in [2.75, 3.05) is 19.7 Å². The van der Waals surface area contributed by atoms with Gasteiger partial charge >= 0.3 is 0 Å². The van der Waals surface area contributed by atoms with Gasteiger partial charge < -0.3 is 14.5 Å². The molecule has 1 aromatic heterocycles. The molecule has 0 aromatic carbocycles. The number of amides is 2. The van der Waals surface area contributed by atoms with Crippen molar-refractivity contribution in [1.82, 2.24) is 19.6 Å². The number of hydrogen-bond donors (Lipinski definition) is 0. The Morgan fingerprint density at radius 3 is 2.64 bits per heavy atom. The largest absolute Gasteiger partial charge is 0.376 e. The van der Waals surface area contributed by atoms with Gasteiger partial charge in [0.15, 0.2) is 5.69 Å². The zero-order chi connectivity index (χ0) is 17.7. The smallest absolute Gasteiger partial charge is 0.276 e. The first-order chi connectivity index (χ1) is 12.0. The summed E-state index contributed by atoms with van der Waals surface area (Å²) < 4.78 is 7.37. The minimum atomic E-state index is -0.473. The van der Waals surface area contributed by atoms with Gasteiger partial charge in [0.05, 0.1) is 22.9 Å². The Morgan fingerprint density at radius 2 is 2.00 bits per heavy atom. The van der Waals surface area contributed by atoms with E-state index in [9.17, 15) is 9.59 Å². The van der Waals surface area contributed by atoms with Gasteiger partial charge in [-0.25, -0.2) is 0 Å². The summed E-state index contributed by atoms with van der Waals surface area (Å²) in [5, 5.41) is 4.65. The van der Waals surface area contributed by atoms with Gasteiger partial charge in [0.2, 0.25) is 5.91 Å². The molecule has 2 amide bonds. The molecule has 0 bridgehead atoms. The third-order valence-electron chi connectivity index (χ3n) is 5.72. The predicted molar refractivity (Wildman–Crippen MR) is 91.5 cm³/mol. The fraction of sp³-hybridized carbons (Fsp3) is 0.706. The maximum atomic E-state index is 13.2. The summed E-state index contributed by atoms with van der Waals surface area (Å²) in [4.78, 5) is 29.8. The van der Waals surface area contributed by atoms with Gasteiger partial charge in [0.25, 0.3) is 5.91 Å². The van der Waals surface area contributed by atoms with Crippen molar-refractivity contribution in [3.05, 3.63) is 16.4 Å². The SMILES string of the molecule is Cc1c(Cl)c(C(=O)N2[C@H](C(=O)N3CCCC3)C[C@@H]3OCC[C@@H]32)nn1C. The highest BCUT2D eigenvalue weighted by Crippen LogP contribution is 2.37. The first-order valence-corrected chi connectivity index (χ1v) is 9.29. The van der Waals surface area contributed by atoms with Crippen LogP contribution in [0.25, 0.3) is 0 Å². The van der Waals surface area contributed by atoms with Crippen LogP contribution in [0.4, 0.5) is 0 Å². The lowest BCUT2D eigenvalue weighted by atomic mass is 10.1. The lowest BCUT2D eigenvalue weighted by Gasteiger charge is -2.30. The van der Waals surface area contributed by atoms with Gasteiger partial charge in [-0.1, -0.05) is 11.6 Å². The van der Waals surface area contributed by atoms with Crippen LogP contribution in [0.1, 0.15) is 41.9 Å². The summed E-state index contributed by atoms with van der Waals surface area (Å²) >= 11 is 6.33. The average Bonchev–Trinajstić information content (AvgIpc) is 3.35. The van der Waals surface area contributed by atoms with Crippen molar-refractivity contribution in [2.24, 2.45) is 7.05 Å². The number of likely N-dealkylation sites (tertiary alicyclic amines) is 2. The second-order valence-electron chi connectivity index (χ2n) is 7.13. The average molecular weight is 367 g/mol. The summed E-state index contributed by atoms with van der Waals surface area (Å²) in [5.74, 6) is -0.225. The summed E-state index contributed by atoms with van der Waals surface area (Å²) in [5.41, 5.74) is 0.972. The molecule has 136 valence electrons.